The maximum Gasteiger partial charge on any atom is 0.174 e. The molecule has 3 aromatic rings. The Morgan fingerprint density at radius 3 is 2.12 bits per heavy atom. The number of hydrogen-bond donors (Lipinski definition) is 2. The average molecular weight is 445 g/mol. The Morgan fingerprint density at radius 1 is 0.875 bits per heavy atom. The van der Waals surface area contributed by atoms with Crippen molar-refractivity contribution in [3.05, 3.63) is 96.1 Å². The van der Waals surface area contributed by atoms with E-state index < -0.39 is 0 Å². The van der Waals surface area contributed by atoms with Crippen molar-refractivity contribution in [2.45, 2.75) is 31.8 Å². The van der Waals surface area contributed by atoms with Crippen LogP contribution < -0.4 is 11.1 Å². The van der Waals surface area contributed by atoms with Gasteiger partial charge in [0.25, 0.3) is 0 Å². The quantitative estimate of drug-likeness (QED) is 0.389. The number of piperidine rings is 1. The molecule has 0 saturated carbocycles. The SMILES string of the molecule is Nc1ccccc1NC(=S)N(Cc1ccccc1)C1CCN(CCc2ccccc2)CC1. The summed E-state index contributed by atoms with van der Waals surface area (Å²) in [4.78, 5) is 4.93. The fourth-order valence-electron chi connectivity index (χ4n) is 4.33. The van der Waals surface area contributed by atoms with Crippen LogP contribution in [0.25, 0.3) is 0 Å². The number of anilines is 2. The highest BCUT2D eigenvalue weighted by molar-refractivity contribution is 7.80. The third-order valence-electron chi connectivity index (χ3n) is 6.22. The third-order valence-corrected chi connectivity index (χ3v) is 6.55. The molecule has 0 amide bonds. The summed E-state index contributed by atoms with van der Waals surface area (Å²) in [6.45, 7) is 4.10. The Morgan fingerprint density at radius 2 is 1.47 bits per heavy atom. The largest absolute Gasteiger partial charge is 0.397 e. The molecular weight excluding hydrogens is 412 g/mol. The number of rotatable bonds is 7. The van der Waals surface area contributed by atoms with Gasteiger partial charge in [-0.25, -0.2) is 0 Å². The molecule has 0 aromatic heterocycles. The van der Waals surface area contributed by atoms with E-state index in [0.717, 1.165) is 56.2 Å². The van der Waals surface area contributed by atoms with E-state index in [1.54, 1.807) is 0 Å². The van der Waals surface area contributed by atoms with Crippen LogP contribution in [0.3, 0.4) is 0 Å². The van der Waals surface area contributed by atoms with Crippen LogP contribution in [0.2, 0.25) is 0 Å². The first kappa shape index (κ1) is 22.3. The van der Waals surface area contributed by atoms with Gasteiger partial charge in [-0.1, -0.05) is 72.8 Å². The Bertz CT molecular complexity index is 985. The lowest BCUT2D eigenvalue weighted by Gasteiger charge is -2.40. The van der Waals surface area contributed by atoms with E-state index in [9.17, 15) is 0 Å². The first-order valence-corrected chi connectivity index (χ1v) is 11.8. The number of thiocarbonyl (C=S) groups is 1. The van der Waals surface area contributed by atoms with Crippen molar-refractivity contribution in [1.29, 1.82) is 0 Å². The summed E-state index contributed by atoms with van der Waals surface area (Å²) in [6.07, 6.45) is 3.31. The van der Waals surface area contributed by atoms with E-state index in [0.29, 0.717) is 11.7 Å². The Balaban J connectivity index is 1.39. The van der Waals surface area contributed by atoms with Gasteiger partial charge in [0.1, 0.15) is 0 Å². The molecule has 1 heterocycles. The molecule has 4 nitrogen and oxygen atoms in total. The Labute approximate surface area is 197 Å². The van der Waals surface area contributed by atoms with Crippen LogP contribution in [0.5, 0.6) is 0 Å². The molecule has 1 fully saturated rings. The van der Waals surface area contributed by atoms with Gasteiger partial charge in [0.2, 0.25) is 0 Å². The fraction of sp³-hybridized carbons (Fsp3) is 0.296. The fourth-order valence-corrected chi connectivity index (χ4v) is 4.65. The zero-order chi connectivity index (χ0) is 22.2. The van der Waals surface area contributed by atoms with Gasteiger partial charge in [0, 0.05) is 32.2 Å². The lowest BCUT2D eigenvalue weighted by atomic mass is 10.0. The Kier molecular flexibility index (Phi) is 7.75. The van der Waals surface area contributed by atoms with Crippen molar-refractivity contribution in [2.75, 3.05) is 30.7 Å². The molecular formula is C27H32N4S. The van der Waals surface area contributed by atoms with Gasteiger partial charge in [-0.15, -0.1) is 0 Å². The molecule has 0 spiro atoms. The smallest absolute Gasteiger partial charge is 0.174 e. The van der Waals surface area contributed by atoms with Crippen LogP contribution in [0, 0.1) is 0 Å². The number of nitrogens with one attached hydrogen (secondary N) is 1. The normalized spacial score (nSPS) is 14.8. The summed E-state index contributed by atoms with van der Waals surface area (Å²) in [5.41, 5.74) is 10.4. The highest BCUT2D eigenvalue weighted by Crippen LogP contribution is 2.23. The van der Waals surface area contributed by atoms with Crippen LogP contribution in [0.1, 0.15) is 24.0 Å². The summed E-state index contributed by atoms with van der Waals surface area (Å²) >= 11 is 5.89. The summed E-state index contributed by atoms with van der Waals surface area (Å²) in [5, 5.41) is 4.15. The molecule has 166 valence electrons. The van der Waals surface area contributed by atoms with E-state index in [1.165, 1.54) is 11.1 Å². The number of benzene rings is 3. The zero-order valence-electron chi connectivity index (χ0n) is 18.5. The number of hydrogen-bond acceptors (Lipinski definition) is 3. The molecule has 0 aliphatic carbocycles. The molecule has 1 aliphatic heterocycles. The minimum atomic E-state index is 0.410. The van der Waals surface area contributed by atoms with E-state index in [-0.39, 0.29) is 0 Å². The summed E-state index contributed by atoms with van der Waals surface area (Å²) < 4.78 is 0. The molecule has 0 unspecified atom stereocenters. The van der Waals surface area contributed by atoms with Gasteiger partial charge in [-0.05, 0) is 54.7 Å². The van der Waals surface area contributed by atoms with E-state index in [2.05, 4.69) is 75.8 Å². The standard InChI is InChI=1S/C27H32N4S/c28-25-13-7-8-14-26(25)29-27(32)31(21-23-11-5-2-6-12-23)24-16-19-30(20-17-24)18-15-22-9-3-1-4-10-22/h1-14,24H,15-21,28H2,(H,29,32). The van der Waals surface area contributed by atoms with Crippen LogP contribution in [0.4, 0.5) is 11.4 Å². The molecule has 1 saturated heterocycles. The second-order valence-corrected chi connectivity index (χ2v) is 8.83. The van der Waals surface area contributed by atoms with Crippen LogP contribution in [-0.2, 0) is 13.0 Å². The number of nitrogens with zero attached hydrogens (tertiary/aromatic N) is 2. The number of nitrogen functional groups attached to an aromatic ring is 1. The molecule has 1 aliphatic rings. The molecule has 0 bridgehead atoms. The monoisotopic (exact) mass is 444 g/mol. The molecule has 3 N–H and O–H groups in total. The number of likely N-dealkylation sites (tertiary alicyclic amines) is 1. The van der Waals surface area contributed by atoms with E-state index >= 15 is 0 Å². The predicted octanol–water partition coefficient (Wildman–Crippen LogP) is 5.17. The van der Waals surface area contributed by atoms with Crippen LogP contribution >= 0.6 is 12.2 Å². The lowest BCUT2D eigenvalue weighted by molar-refractivity contribution is 0.152. The van der Waals surface area contributed by atoms with Crippen molar-refractivity contribution in [3.63, 3.8) is 0 Å². The van der Waals surface area contributed by atoms with Gasteiger partial charge in [-0.3, -0.25) is 0 Å². The first-order valence-electron chi connectivity index (χ1n) is 11.4. The van der Waals surface area contributed by atoms with Gasteiger partial charge < -0.3 is 20.9 Å². The second-order valence-electron chi connectivity index (χ2n) is 8.44. The topological polar surface area (TPSA) is 44.5 Å². The van der Waals surface area contributed by atoms with Gasteiger partial charge in [0.05, 0.1) is 11.4 Å². The van der Waals surface area contributed by atoms with Crippen molar-refractivity contribution < 1.29 is 0 Å². The average Bonchev–Trinajstić information content (AvgIpc) is 2.84. The van der Waals surface area contributed by atoms with Crippen LogP contribution in [0.15, 0.2) is 84.9 Å². The zero-order valence-corrected chi connectivity index (χ0v) is 19.3. The van der Waals surface area contributed by atoms with Crippen molar-refractivity contribution in [2.24, 2.45) is 0 Å². The number of nitrogens with two attached hydrogens (primary N) is 1. The summed E-state index contributed by atoms with van der Waals surface area (Å²) in [6, 6.07) is 29.5. The van der Waals surface area contributed by atoms with E-state index in [1.807, 2.05) is 24.3 Å². The third kappa shape index (κ3) is 6.09. The van der Waals surface area contributed by atoms with Gasteiger partial charge in [0.15, 0.2) is 5.11 Å². The highest BCUT2D eigenvalue weighted by atomic mass is 32.1. The second kappa shape index (κ2) is 11.1. The minimum Gasteiger partial charge on any atom is -0.397 e. The molecule has 3 aromatic carbocycles. The van der Waals surface area contributed by atoms with Crippen molar-refractivity contribution in [3.8, 4) is 0 Å². The molecule has 0 radical (unpaired) electrons. The molecule has 32 heavy (non-hydrogen) atoms. The number of para-hydroxylation sites is 2. The van der Waals surface area contributed by atoms with Gasteiger partial charge >= 0.3 is 0 Å². The summed E-state index contributed by atoms with van der Waals surface area (Å²) in [5.74, 6) is 0. The van der Waals surface area contributed by atoms with Crippen molar-refractivity contribution in [1.82, 2.24) is 9.80 Å². The lowest BCUT2D eigenvalue weighted by Crippen LogP contribution is -2.48. The van der Waals surface area contributed by atoms with E-state index in [4.69, 9.17) is 18.0 Å². The Hall–Kier alpha value is -2.89. The summed E-state index contributed by atoms with van der Waals surface area (Å²) in [7, 11) is 0. The van der Waals surface area contributed by atoms with Crippen molar-refractivity contribution >= 4 is 28.7 Å². The highest BCUT2D eigenvalue weighted by Gasteiger charge is 2.26. The maximum absolute atomic E-state index is 6.15. The van der Waals surface area contributed by atoms with Crippen LogP contribution in [-0.4, -0.2) is 40.6 Å². The maximum atomic E-state index is 6.15. The molecule has 0 atom stereocenters. The molecule has 5 heteroatoms. The first-order chi connectivity index (χ1) is 15.7. The minimum absolute atomic E-state index is 0.410. The van der Waals surface area contributed by atoms with Gasteiger partial charge in [-0.2, -0.15) is 0 Å². The molecule has 4 rings (SSSR count). The predicted molar refractivity (Wildman–Crippen MR) is 139 cm³/mol.